The average molecular weight is 364 g/mol. The van der Waals surface area contributed by atoms with Crippen LogP contribution in [0, 0.1) is 0 Å². The molecule has 0 aliphatic heterocycles. The minimum absolute atomic E-state index is 0. The van der Waals surface area contributed by atoms with E-state index in [4.69, 9.17) is 0 Å². The van der Waals surface area contributed by atoms with E-state index in [0.717, 1.165) is 6.08 Å². The summed E-state index contributed by atoms with van der Waals surface area (Å²) in [5.74, 6) is -1.32. The molecule has 0 saturated carbocycles. The van der Waals surface area contributed by atoms with Gasteiger partial charge in [-0.3, -0.25) is 0 Å². The van der Waals surface area contributed by atoms with Crippen LogP contribution in [-0.4, -0.2) is 46.5 Å². The van der Waals surface area contributed by atoms with Crippen molar-refractivity contribution in [2.45, 2.75) is 13.8 Å². The third-order valence-electron chi connectivity index (χ3n) is 0.809. The summed E-state index contributed by atoms with van der Waals surface area (Å²) in [5, 5.41) is 10.5. The molecule has 0 aliphatic rings. The standard InChI is InChI=1S/C7H12O4.Tl/c1-3-10-6(8)5-7(9)11-4-2;/h5,8H,3-4H2,1-2H3;/q;+1/p-1. The van der Waals surface area contributed by atoms with Gasteiger partial charge in [0.05, 0.1) is 12.6 Å². The minimum Gasteiger partial charge on any atom is -0.613 e. The van der Waals surface area contributed by atoms with Crippen LogP contribution in [0.4, 0.5) is 0 Å². The van der Waals surface area contributed by atoms with Gasteiger partial charge in [0.25, 0.3) is 0 Å². The number of carbonyl (C=O) groups excluding carboxylic acids is 1. The van der Waals surface area contributed by atoms with E-state index in [1.165, 1.54) is 0 Å². The molecule has 0 aromatic carbocycles. The summed E-state index contributed by atoms with van der Waals surface area (Å²) < 4.78 is 8.93. The van der Waals surface area contributed by atoms with Crippen LogP contribution in [0.25, 0.3) is 0 Å². The van der Waals surface area contributed by atoms with Gasteiger partial charge < -0.3 is 14.6 Å². The largest absolute Gasteiger partial charge is 1.00 e. The summed E-state index contributed by atoms with van der Waals surface area (Å²) in [5.41, 5.74) is 0. The summed E-state index contributed by atoms with van der Waals surface area (Å²) in [4.78, 5) is 10.5. The van der Waals surface area contributed by atoms with E-state index >= 15 is 0 Å². The van der Waals surface area contributed by atoms with Crippen LogP contribution >= 0.6 is 0 Å². The van der Waals surface area contributed by atoms with Crippen LogP contribution in [0.1, 0.15) is 13.8 Å². The Morgan fingerprint density at radius 1 is 1.33 bits per heavy atom. The van der Waals surface area contributed by atoms with Crippen LogP contribution in [0.2, 0.25) is 0 Å². The van der Waals surface area contributed by atoms with Crippen LogP contribution in [0.5, 0.6) is 0 Å². The minimum atomic E-state index is -0.661. The molecule has 0 N–H and O–H groups in total. The maximum Gasteiger partial charge on any atom is 1.00 e. The number of esters is 1. The predicted octanol–water partition coefficient (Wildman–Crippen LogP) is -0.593. The molecule has 0 spiro atoms. The number of hydrogen-bond acceptors (Lipinski definition) is 4. The summed E-state index contributed by atoms with van der Waals surface area (Å²) >= 11 is 0. The molecule has 0 heterocycles. The Hall–Kier alpha value is -0.268. The van der Waals surface area contributed by atoms with Crippen molar-refractivity contribution in [3.63, 3.8) is 0 Å². The molecule has 0 fully saturated rings. The average Bonchev–Trinajstić information content (AvgIpc) is 1.87. The third kappa shape index (κ3) is 7.83. The first-order chi connectivity index (χ1) is 5.20. The van der Waals surface area contributed by atoms with Gasteiger partial charge in [0.2, 0.25) is 0 Å². The Kier molecular flexibility index (Phi) is 10.5. The Labute approximate surface area is 91.7 Å². The number of ether oxygens (including phenoxy) is 2. The van der Waals surface area contributed by atoms with E-state index < -0.39 is 11.9 Å². The fourth-order valence-electron chi connectivity index (χ4n) is 0.464. The number of rotatable bonds is 4. The second-order valence-electron chi connectivity index (χ2n) is 1.65. The van der Waals surface area contributed by atoms with E-state index in [2.05, 4.69) is 9.47 Å². The summed E-state index contributed by atoms with van der Waals surface area (Å²) in [6.45, 7) is 3.84. The molecule has 0 aromatic rings. The van der Waals surface area contributed by atoms with Gasteiger partial charge in [-0.25, -0.2) is 4.79 Å². The molecule has 0 aliphatic carbocycles. The fourth-order valence-corrected chi connectivity index (χ4v) is 0.464. The normalized spacial score (nSPS) is 10.0. The molecule has 12 heavy (non-hydrogen) atoms. The molecule has 0 saturated heterocycles. The first-order valence-corrected chi connectivity index (χ1v) is 3.39. The van der Waals surface area contributed by atoms with E-state index in [-0.39, 0.29) is 40.5 Å². The van der Waals surface area contributed by atoms with E-state index in [0.29, 0.717) is 0 Å². The molecule has 4 nitrogen and oxygen atoms in total. The Morgan fingerprint density at radius 3 is 2.25 bits per heavy atom. The van der Waals surface area contributed by atoms with Crippen molar-refractivity contribution < 1.29 is 19.4 Å². The summed E-state index contributed by atoms with van der Waals surface area (Å²) in [7, 11) is 0. The third-order valence-corrected chi connectivity index (χ3v) is 0.809. The molecule has 0 amide bonds. The molecule has 0 bridgehead atoms. The molecule has 0 rings (SSSR count). The van der Waals surface area contributed by atoms with Crippen molar-refractivity contribution in [1.29, 1.82) is 0 Å². The number of carbonyl (C=O) groups is 1. The molecule has 0 aromatic heterocycles. The molecule has 0 unspecified atom stereocenters. The zero-order valence-corrected chi connectivity index (χ0v) is 11.7. The van der Waals surface area contributed by atoms with Gasteiger partial charge in [-0.05, 0) is 13.5 Å². The summed E-state index contributed by atoms with van der Waals surface area (Å²) in [6.07, 6.45) is 0.785. The van der Waals surface area contributed by atoms with Gasteiger partial charge >= 0.3 is 33.3 Å². The predicted molar refractivity (Wildman–Crippen MR) is 42.1 cm³/mol. The second kappa shape index (κ2) is 8.83. The topological polar surface area (TPSA) is 58.6 Å². The van der Waals surface area contributed by atoms with Crippen molar-refractivity contribution in [2.75, 3.05) is 13.2 Å². The Balaban J connectivity index is 0. The smallest absolute Gasteiger partial charge is 0.613 e. The van der Waals surface area contributed by atoms with Crippen LogP contribution < -0.4 is 5.11 Å². The second-order valence-corrected chi connectivity index (χ2v) is 1.65. The van der Waals surface area contributed by atoms with Crippen LogP contribution in [-0.2, 0) is 14.3 Å². The van der Waals surface area contributed by atoms with Gasteiger partial charge in [-0.15, -0.1) is 0 Å². The maximum atomic E-state index is 10.5. The molecule has 66 valence electrons. The molecular formula is C7H11O4Tl. The van der Waals surface area contributed by atoms with Crippen molar-refractivity contribution in [1.82, 2.24) is 0 Å². The van der Waals surface area contributed by atoms with E-state index in [9.17, 15) is 9.90 Å². The molecule has 5 heteroatoms. The van der Waals surface area contributed by atoms with E-state index in [1.807, 2.05) is 0 Å². The first kappa shape index (κ1) is 14.3. The van der Waals surface area contributed by atoms with Gasteiger partial charge in [-0.2, -0.15) is 0 Å². The molecular weight excluding hydrogens is 352 g/mol. The fraction of sp³-hybridized carbons (Fsp3) is 0.571. The van der Waals surface area contributed by atoms with Crippen LogP contribution in [0.15, 0.2) is 12.0 Å². The van der Waals surface area contributed by atoms with Crippen molar-refractivity contribution in [3.8, 4) is 0 Å². The van der Waals surface area contributed by atoms with E-state index in [1.54, 1.807) is 13.8 Å². The van der Waals surface area contributed by atoms with Gasteiger partial charge in [0, 0.05) is 6.08 Å². The van der Waals surface area contributed by atoms with Crippen molar-refractivity contribution >= 4 is 33.3 Å². The zero-order chi connectivity index (χ0) is 8.69. The molecule has 0 atom stereocenters. The molecule has 0 radical (unpaired) electrons. The van der Waals surface area contributed by atoms with Crippen molar-refractivity contribution in [3.05, 3.63) is 12.0 Å². The maximum absolute atomic E-state index is 10.5. The zero-order valence-electron chi connectivity index (χ0n) is 7.20. The Morgan fingerprint density at radius 2 is 1.83 bits per heavy atom. The van der Waals surface area contributed by atoms with Crippen molar-refractivity contribution in [2.24, 2.45) is 0 Å². The van der Waals surface area contributed by atoms with Crippen LogP contribution in [0.3, 0.4) is 0 Å². The van der Waals surface area contributed by atoms with Gasteiger partial charge in [0.1, 0.15) is 0 Å². The summed E-state index contributed by atoms with van der Waals surface area (Å²) in [6, 6.07) is 0. The van der Waals surface area contributed by atoms with Gasteiger partial charge in [0.15, 0.2) is 0 Å². The number of hydrogen-bond donors (Lipinski definition) is 0. The van der Waals surface area contributed by atoms with Gasteiger partial charge in [-0.1, -0.05) is 6.92 Å². The Bertz CT molecular complexity index is 155. The first-order valence-electron chi connectivity index (χ1n) is 3.39. The SMILES string of the molecule is CCOC(=O)C=C([O-])OCC.[Tl+]. The quantitative estimate of drug-likeness (QED) is 0.290. The monoisotopic (exact) mass is 364 g/mol.